The number of esters is 1. The number of carbonyl (C=O) groups excluding carboxylic acids is 1. The number of fused-ring (bicyclic) bond motifs is 1. The lowest BCUT2D eigenvalue weighted by atomic mass is 10.1. The summed E-state index contributed by atoms with van der Waals surface area (Å²) in [6, 6.07) is 22.0. The van der Waals surface area contributed by atoms with Crippen molar-refractivity contribution < 1.29 is 19.4 Å². The van der Waals surface area contributed by atoms with E-state index in [2.05, 4.69) is 0 Å². The fourth-order valence-corrected chi connectivity index (χ4v) is 3.40. The minimum atomic E-state index is -0.486. The summed E-state index contributed by atoms with van der Waals surface area (Å²) in [7, 11) is 1.83. The number of ether oxygens (including phenoxy) is 2. The Hall–Kier alpha value is -3.93. The van der Waals surface area contributed by atoms with E-state index in [1.807, 2.05) is 72.3 Å². The fourth-order valence-electron chi connectivity index (χ4n) is 3.40. The third-order valence-electron chi connectivity index (χ3n) is 5.00. The van der Waals surface area contributed by atoms with E-state index in [4.69, 9.17) is 15.2 Å². The monoisotopic (exact) mass is 402 g/mol. The van der Waals surface area contributed by atoms with Crippen LogP contribution >= 0.6 is 0 Å². The fraction of sp³-hybridized carbons (Fsp3) is 0.125. The van der Waals surface area contributed by atoms with Crippen molar-refractivity contribution in [3.63, 3.8) is 0 Å². The van der Waals surface area contributed by atoms with Gasteiger partial charge in [-0.2, -0.15) is 0 Å². The summed E-state index contributed by atoms with van der Waals surface area (Å²) in [4.78, 5) is 13.1. The number of para-hydroxylation sites is 1. The van der Waals surface area contributed by atoms with Crippen molar-refractivity contribution in [2.45, 2.75) is 13.2 Å². The number of nitrogen functional groups attached to an aromatic ring is 1. The summed E-state index contributed by atoms with van der Waals surface area (Å²) in [5.74, 6) is 0.120. The van der Waals surface area contributed by atoms with E-state index in [0.29, 0.717) is 27.9 Å². The van der Waals surface area contributed by atoms with Gasteiger partial charge in [-0.15, -0.1) is 0 Å². The van der Waals surface area contributed by atoms with Crippen molar-refractivity contribution in [1.29, 1.82) is 0 Å². The SMILES string of the molecule is Cn1c(COc2ccccc2)c(C(=O)OCc2ccccc2)c2cc(O)c(N)cc21. The highest BCUT2D eigenvalue weighted by atomic mass is 16.5. The number of phenols is 1. The minimum absolute atomic E-state index is 0.0827. The van der Waals surface area contributed by atoms with E-state index < -0.39 is 5.97 Å². The molecule has 0 bridgehead atoms. The third kappa shape index (κ3) is 3.80. The van der Waals surface area contributed by atoms with Gasteiger partial charge in [-0.05, 0) is 29.8 Å². The van der Waals surface area contributed by atoms with Crippen LogP contribution in [0.3, 0.4) is 0 Å². The zero-order valence-electron chi connectivity index (χ0n) is 16.5. The van der Waals surface area contributed by atoms with Crippen LogP contribution in [0.25, 0.3) is 10.9 Å². The zero-order valence-corrected chi connectivity index (χ0v) is 16.5. The molecular formula is C24H22N2O4. The third-order valence-corrected chi connectivity index (χ3v) is 5.00. The van der Waals surface area contributed by atoms with E-state index in [0.717, 1.165) is 5.56 Å². The van der Waals surface area contributed by atoms with Gasteiger partial charge in [0.2, 0.25) is 0 Å². The summed E-state index contributed by atoms with van der Waals surface area (Å²) < 4.78 is 13.3. The van der Waals surface area contributed by atoms with Crippen molar-refractivity contribution in [1.82, 2.24) is 4.57 Å². The summed E-state index contributed by atoms with van der Waals surface area (Å²) in [6.45, 7) is 0.307. The van der Waals surface area contributed by atoms with Gasteiger partial charge in [-0.1, -0.05) is 48.5 Å². The van der Waals surface area contributed by atoms with Gasteiger partial charge in [0, 0.05) is 12.4 Å². The van der Waals surface area contributed by atoms with E-state index in [-0.39, 0.29) is 24.7 Å². The Morgan fingerprint density at radius 2 is 1.67 bits per heavy atom. The van der Waals surface area contributed by atoms with Crippen LogP contribution in [0, 0.1) is 0 Å². The molecule has 0 aliphatic carbocycles. The Morgan fingerprint density at radius 1 is 1.00 bits per heavy atom. The van der Waals surface area contributed by atoms with Gasteiger partial charge in [0.25, 0.3) is 0 Å². The lowest BCUT2D eigenvalue weighted by Gasteiger charge is -2.10. The van der Waals surface area contributed by atoms with Crippen molar-refractivity contribution in [2.75, 3.05) is 5.73 Å². The van der Waals surface area contributed by atoms with Gasteiger partial charge < -0.3 is 24.9 Å². The Morgan fingerprint density at radius 3 is 2.37 bits per heavy atom. The van der Waals surface area contributed by atoms with Crippen LogP contribution in [0.1, 0.15) is 21.6 Å². The summed E-state index contributed by atoms with van der Waals surface area (Å²) >= 11 is 0. The van der Waals surface area contributed by atoms with E-state index in [1.54, 1.807) is 6.07 Å². The van der Waals surface area contributed by atoms with E-state index in [9.17, 15) is 9.90 Å². The number of aromatic nitrogens is 1. The molecule has 3 N–H and O–H groups in total. The Bertz CT molecular complexity index is 1180. The number of rotatable bonds is 6. The summed E-state index contributed by atoms with van der Waals surface area (Å²) in [5.41, 5.74) is 8.71. The molecule has 1 aromatic heterocycles. The van der Waals surface area contributed by atoms with Crippen molar-refractivity contribution in [2.24, 2.45) is 7.05 Å². The summed E-state index contributed by atoms with van der Waals surface area (Å²) in [6.07, 6.45) is 0. The lowest BCUT2D eigenvalue weighted by Crippen LogP contribution is -2.11. The number of phenolic OH excluding ortho intramolecular Hbond substituents is 1. The maximum absolute atomic E-state index is 13.1. The Labute approximate surface area is 174 Å². The van der Waals surface area contributed by atoms with E-state index in [1.165, 1.54) is 6.07 Å². The van der Waals surface area contributed by atoms with Crippen molar-refractivity contribution in [3.05, 3.63) is 89.6 Å². The molecule has 1 heterocycles. The molecule has 0 aliphatic heterocycles. The number of benzene rings is 3. The lowest BCUT2D eigenvalue weighted by molar-refractivity contribution is 0.0471. The number of aromatic hydroxyl groups is 1. The molecule has 4 aromatic rings. The van der Waals surface area contributed by atoms with Gasteiger partial charge in [-0.25, -0.2) is 4.79 Å². The predicted octanol–water partition coefficient (Wildman–Crippen LogP) is 4.40. The van der Waals surface area contributed by atoms with Gasteiger partial charge >= 0.3 is 5.97 Å². The Kier molecular flexibility index (Phi) is 5.30. The second-order valence-electron chi connectivity index (χ2n) is 6.97. The molecule has 0 amide bonds. The molecule has 0 spiro atoms. The number of anilines is 1. The molecule has 0 fully saturated rings. The van der Waals surface area contributed by atoms with Gasteiger partial charge in [-0.3, -0.25) is 0 Å². The zero-order chi connectivity index (χ0) is 21.1. The first kappa shape index (κ1) is 19.4. The number of nitrogens with zero attached hydrogens (tertiary/aromatic N) is 1. The number of hydrogen-bond donors (Lipinski definition) is 2. The van der Waals surface area contributed by atoms with Crippen molar-refractivity contribution >= 4 is 22.6 Å². The molecule has 6 heteroatoms. The van der Waals surface area contributed by atoms with Crippen LogP contribution in [-0.4, -0.2) is 15.6 Å². The first-order valence-electron chi connectivity index (χ1n) is 9.53. The normalized spacial score (nSPS) is 10.8. The first-order valence-corrected chi connectivity index (χ1v) is 9.53. The number of nitrogens with two attached hydrogens (primary N) is 1. The molecule has 3 aromatic carbocycles. The molecule has 0 aliphatic rings. The molecular weight excluding hydrogens is 380 g/mol. The molecule has 4 rings (SSSR count). The second kappa shape index (κ2) is 8.21. The van der Waals surface area contributed by atoms with Crippen LogP contribution < -0.4 is 10.5 Å². The van der Waals surface area contributed by atoms with Crippen molar-refractivity contribution in [3.8, 4) is 11.5 Å². The molecule has 0 saturated carbocycles. The molecule has 152 valence electrons. The maximum atomic E-state index is 13.1. The molecule has 30 heavy (non-hydrogen) atoms. The Balaban J connectivity index is 1.71. The number of aryl methyl sites for hydroxylation is 1. The average molecular weight is 402 g/mol. The van der Waals surface area contributed by atoms with Gasteiger partial charge in [0.15, 0.2) is 0 Å². The van der Waals surface area contributed by atoms with Crippen LogP contribution in [0.2, 0.25) is 0 Å². The highest BCUT2D eigenvalue weighted by Gasteiger charge is 2.24. The van der Waals surface area contributed by atoms with Crippen LogP contribution in [0.5, 0.6) is 11.5 Å². The molecule has 0 radical (unpaired) electrons. The second-order valence-corrected chi connectivity index (χ2v) is 6.97. The highest BCUT2D eigenvalue weighted by Crippen LogP contribution is 2.33. The molecule has 0 atom stereocenters. The largest absolute Gasteiger partial charge is 0.506 e. The first-order chi connectivity index (χ1) is 14.5. The van der Waals surface area contributed by atoms with Gasteiger partial charge in [0.05, 0.1) is 22.5 Å². The van der Waals surface area contributed by atoms with Crippen LogP contribution in [0.15, 0.2) is 72.8 Å². The average Bonchev–Trinajstić information content (AvgIpc) is 3.03. The standard InChI is InChI=1S/C24H22N2O4/c1-26-20-13-19(25)22(27)12-18(20)23(21(26)15-29-17-10-6-3-7-11-17)24(28)30-14-16-8-4-2-5-9-16/h2-13,27H,14-15,25H2,1H3. The smallest absolute Gasteiger partial charge is 0.341 e. The van der Waals surface area contributed by atoms with Crippen LogP contribution in [-0.2, 0) is 25.0 Å². The molecule has 0 unspecified atom stereocenters. The number of hydrogen-bond acceptors (Lipinski definition) is 5. The topological polar surface area (TPSA) is 86.7 Å². The summed E-state index contributed by atoms with van der Waals surface area (Å²) in [5, 5.41) is 10.7. The predicted molar refractivity (Wildman–Crippen MR) is 115 cm³/mol. The molecule has 6 nitrogen and oxygen atoms in total. The van der Waals surface area contributed by atoms with Gasteiger partial charge in [0.1, 0.15) is 24.7 Å². The van der Waals surface area contributed by atoms with E-state index >= 15 is 0 Å². The quantitative estimate of drug-likeness (QED) is 0.284. The maximum Gasteiger partial charge on any atom is 0.341 e. The highest BCUT2D eigenvalue weighted by molar-refractivity contribution is 6.07. The van der Waals surface area contributed by atoms with Crippen LogP contribution in [0.4, 0.5) is 5.69 Å². The molecule has 0 saturated heterocycles. The number of carbonyl (C=O) groups is 1. The minimum Gasteiger partial charge on any atom is -0.506 e.